The number of hydroxylamine groups is 2. The third-order valence-corrected chi connectivity index (χ3v) is 3.43. The number of benzene rings is 2. The number of phenols is 1. The lowest BCUT2D eigenvalue weighted by Crippen LogP contribution is -2.33. The molecule has 0 aliphatic heterocycles. The Hall–Kier alpha value is -1.83. The van der Waals surface area contributed by atoms with Crippen LogP contribution in [0.1, 0.15) is 10.4 Å². The number of hydrogen-bond acceptors (Lipinski definition) is 4. The first-order valence-corrected chi connectivity index (χ1v) is 6.84. The molecule has 0 spiro atoms. The van der Waals surface area contributed by atoms with Gasteiger partial charge < -0.3 is 15.6 Å². The molecule has 0 saturated heterocycles. The number of anilines is 1. The lowest BCUT2D eigenvalue weighted by molar-refractivity contribution is -0.00438. The third-order valence-electron chi connectivity index (χ3n) is 2.88. The van der Waals surface area contributed by atoms with Gasteiger partial charge >= 0.3 is 0 Å². The van der Waals surface area contributed by atoms with Crippen molar-refractivity contribution in [3.63, 3.8) is 0 Å². The van der Waals surface area contributed by atoms with Gasteiger partial charge in [-0.1, -0.05) is 23.2 Å². The number of nitrogens with zero attached hydrogens (tertiary/aromatic N) is 1. The Labute approximate surface area is 136 Å². The standard InChI is InChI=1S/C14H12Cl2N2O4/c1-18(21,22)9-3-4-12(11(16)7-9)17-14(20)10-6-8(15)2-5-13(10)19/h2-7,19,21H,1H3,(H,17,20). The van der Waals surface area contributed by atoms with Crippen molar-refractivity contribution < 1.29 is 15.1 Å². The third kappa shape index (κ3) is 3.68. The quantitative estimate of drug-likeness (QED) is 0.584. The second-order valence-corrected chi connectivity index (χ2v) is 5.50. The summed E-state index contributed by atoms with van der Waals surface area (Å²) < 4.78 is 0. The van der Waals surface area contributed by atoms with Gasteiger partial charge in [0.2, 0.25) is 0 Å². The van der Waals surface area contributed by atoms with Crippen LogP contribution in [0.2, 0.25) is 10.0 Å². The maximum atomic E-state index is 12.1. The maximum absolute atomic E-state index is 12.1. The summed E-state index contributed by atoms with van der Waals surface area (Å²) in [5.41, 5.74) is 0.219. The Morgan fingerprint density at radius 2 is 1.91 bits per heavy atom. The number of hydrogen-bond donors (Lipinski definition) is 3. The molecule has 8 heteroatoms. The highest BCUT2D eigenvalue weighted by atomic mass is 35.5. The van der Waals surface area contributed by atoms with Crippen LogP contribution in [0.15, 0.2) is 36.4 Å². The number of halogens is 2. The number of phenolic OH excluding ortho intramolecular Hbond substituents is 1. The average Bonchev–Trinajstić information content (AvgIpc) is 2.42. The Bertz CT molecular complexity index is 729. The first-order valence-electron chi connectivity index (χ1n) is 6.09. The van der Waals surface area contributed by atoms with Gasteiger partial charge in [-0.2, -0.15) is 4.81 Å². The molecule has 22 heavy (non-hydrogen) atoms. The zero-order valence-electron chi connectivity index (χ0n) is 11.4. The van der Waals surface area contributed by atoms with E-state index in [0.29, 0.717) is 5.02 Å². The summed E-state index contributed by atoms with van der Waals surface area (Å²) in [7, 11) is 1.02. The number of carbonyl (C=O) groups is 1. The smallest absolute Gasteiger partial charge is 0.259 e. The largest absolute Gasteiger partial charge is 0.593 e. The predicted molar refractivity (Wildman–Crippen MR) is 85.4 cm³/mol. The molecule has 0 heterocycles. The second kappa shape index (κ2) is 6.12. The molecule has 116 valence electrons. The molecule has 1 amide bonds. The van der Waals surface area contributed by atoms with Crippen molar-refractivity contribution in [2.75, 3.05) is 12.4 Å². The van der Waals surface area contributed by atoms with E-state index in [2.05, 4.69) is 5.32 Å². The highest BCUT2D eigenvalue weighted by Crippen LogP contribution is 2.30. The van der Waals surface area contributed by atoms with E-state index in [4.69, 9.17) is 23.2 Å². The SMILES string of the molecule is C[N+]([O-])(O)c1ccc(NC(=O)c2cc(Cl)ccc2O)c(Cl)c1. The van der Waals surface area contributed by atoms with Crippen LogP contribution in [0.25, 0.3) is 0 Å². The van der Waals surface area contributed by atoms with E-state index < -0.39 is 10.7 Å². The molecule has 2 aromatic carbocycles. The van der Waals surface area contributed by atoms with E-state index in [-0.39, 0.29) is 27.7 Å². The summed E-state index contributed by atoms with van der Waals surface area (Å²) in [6.45, 7) is 0. The monoisotopic (exact) mass is 342 g/mol. The topological polar surface area (TPSA) is 92.6 Å². The number of nitrogens with one attached hydrogen (secondary N) is 1. The molecule has 6 nitrogen and oxygen atoms in total. The van der Waals surface area contributed by atoms with Gasteiger partial charge in [0.15, 0.2) is 5.69 Å². The van der Waals surface area contributed by atoms with Gasteiger partial charge in [0.05, 0.1) is 16.3 Å². The van der Waals surface area contributed by atoms with Gasteiger partial charge in [-0.25, -0.2) is 5.21 Å². The van der Waals surface area contributed by atoms with Crippen LogP contribution in [0, 0.1) is 5.21 Å². The van der Waals surface area contributed by atoms with Crippen LogP contribution >= 0.6 is 23.2 Å². The molecule has 0 aliphatic carbocycles. The number of carbonyl (C=O) groups excluding carboxylic acids is 1. The van der Waals surface area contributed by atoms with Crippen molar-refractivity contribution in [3.05, 3.63) is 57.2 Å². The highest BCUT2D eigenvalue weighted by Gasteiger charge is 2.17. The van der Waals surface area contributed by atoms with Crippen molar-refractivity contribution in [2.24, 2.45) is 0 Å². The summed E-state index contributed by atoms with van der Waals surface area (Å²) in [5, 5.41) is 33.2. The lowest BCUT2D eigenvalue weighted by atomic mass is 10.2. The molecular formula is C14H12Cl2N2O4. The predicted octanol–water partition coefficient (Wildman–Crippen LogP) is 3.78. The molecule has 1 atom stereocenters. The van der Waals surface area contributed by atoms with Crippen molar-refractivity contribution in [2.45, 2.75) is 0 Å². The minimum absolute atomic E-state index is 0.00796. The molecule has 2 aromatic rings. The molecule has 2 rings (SSSR count). The summed E-state index contributed by atoms with van der Waals surface area (Å²) in [6.07, 6.45) is 0. The Morgan fingerprint density at radius 3 is 2.50 bits per heavy atom. The van der Waals surface area contributed by atoms with Crippen molar-refractivity contribution in [3.8, 4) is 5.75 Å². The molecule has 0 aromatic heterocycles. The lowest BCUT2D eigenvalue weighted by Gasteiger charge is -2.28. The fourth-order valence-corrected chi connectivity index (χ4v) is 2.14. The summed E-state index contributed by atoms with van der Waals surface area (Å²) in [4.78, 5) is 10.5. The maximum Gasteiger partial charge on any atom is 0.259 e. The Morgan fingerprint density at radius 1 is 1.23 bits per heavy atom. The summed E-state index contributed by atoms with van der Waals surface area (Å²) in [5.74, 6) is -0.841. The molecule has 0 fully saturated rings. The van der Waals surface area contributed by atoms with Crippen LogP contribution in [0.5, 0.6) is 5.75 Å². The van der Waals surface area contributed by atoms with Gasteiger partial charge in [-0.3, -0.25) is 4.79 Å². The molecule has 1 unspecified atom stereocenters. The van der Waals surface area contributed by atoms with E-state index in [1.807, 2.05) is 0 Å². The summed E-state index contributed by atoms with van der Waals surface area (Å²) >= 11 is 11.8. The zero-order valence-corrected chi connectivity index (χ0v) is 12.9. The fourth-order valence-electron chi connectivity index (χ4n) is 1.74. The Kier molecular flexibility index (Phi) is 4.60. The van der Waals surface area contributed by atoms with Crippen LogP contribution in [0.4, 0.5) is 11.4 Å². The van der Waals surface area contributed by atoms with Crippen LogP contribution in [0.3, 0.4) is 0 Å². The van der Waals surface area contributed by atoms with E-state index in [1.54, 1.807) is 0 Å². The van der Waals surface area contributed by atoms with Crippen LogP contribution in [-0.2, 0) is 0 Å². The number of quaternary nitrogens is 1. The van der Waals surface area contributed by atoms with Crippen LogP contribution in [-0.4, -0.2) is 23.3 Å². The first kappa shape index (κ1) is 16.5. The van der Waals surface area contributed by atoms with Gasteiger partial charge in [0.25, 0.3) is 5.91 Å². The Balaban J connectivity index is 2.27. The minimum Gasteiger partial charge on any atom is -0.593 e. The van der Waals surface area contributed by atoms with Gasteiger partial charge in [-0.15, -0.1) is 0 Å². The minimum atomic E-state index is -1.64. The van der Waals surface area contributed by atoms with Crippen molar-refractivity contribution in [1.29, 1.82) is 0 Å². The molecule has 0 saturated carbocycles. The molecule has 3 N–H and O–H groups in total. The first-order chi connectivity index (χ1) is 10.2. The molecular weight excluding hydrogens is 331 g/mol. The number of aromatic hydroxyl groups is 1. The van der Waals surface area contributed by atoms with Crippen molar-refractivity contribution >= 4 is 40.5 Å². The zero-order chi connectivity index (χ0) is 16.5. The highest BCUT2D eigenvalue weighted by molar-refractivity contribution is 6.34. The molecule has 0 radical (unpaired) electrons. The average molecular weight is 343 g/mol. The van der Waals surface area contributed by atoms with E-state index in [9.17, 15) is 20.3 Å². The van der Waals surface area contributed by atoms with Gasteiger partial charge in [0, 0.05) is 17.2 Å². The van der Waals surface area contributed by atoms with Crippen molar-refractivity contribution in [1.82, 2.24) is 4.81 Å². The van der Waals surface area contributed by atoms with Crippen LogP contribution < -0.4 is 10.1 Å². The molecule has 0 bridgehead atoms. The fraction of sp³-hybridized carbons (Fsp3) is 0.0714. The molecule has 0 aliphatic rings. The van der Waals surface area contributed by atoms with E-state index >= 15 is 0 Å². The van der Waals surface area contributed by atoms with Gasteiger partial charge in [0.1, 0.15) is 12.8 Å². The van der Waals surface area contributed by atoms with E-state index in [1.165, 1.54) is 36.4 Å². The normalized spacial score (nSPS) is 13.5. The number of amides is 1. The van der Waals surface area contributed by atoms with E-state index in [0.717, 1.165) is 7.05 Å². The second-order valence-electron chi connectivity index (χ2n) is 4.66. The number of rotatable bonds is 3. The summed E-state index contributed by atoms with van der Waals surface area (Å²) in [6, 6.07) is 8.00. The van der Waals surface area contributed by atoms with Gasteiger partial charge in [-0.05, 0) is 24.3 Å².